The summed E-state index contributed by atoms with van der Waals surface area (Å²) in [6, 6.07) is 18.2. The predicted octanol–water partition coefficient (Wildman–Crippen LogP) is 9.20. The van der Waals surface area contributed by atoms with E-state index in [9.17, 15) is 29.4 Å². The van der Waals surface area contributed by atoms with Crippen molar-refractivity contribution in [3.8, 4) is 0 Å². The van der Waals surface area contributed by atoms with Crippen LogP contribution in [-0.4, -0.2) is 115 Å². The minimum atomic E-state index is -2.51. The van der Waals surface area contributed by atoms with Crippen LogP contribution in [0.15, 0.2) is 77.9 Å². The van der Waals surface area contributed by atoms with E-state index in [0.717, 1.165) is 24.0 Å². The van der Waals surface area contributed by atoms with Crippen molar-refractivity contribution in [3.63, 3.8) is 0 Å². The van der Waals surface area contributed by atoms with Gasteiger partial charge in [-0.1, -0.05) is 100 Å². The van der Waals surface area contributed by atoms with Gasteiger partial charge >= 0.3 is 5.97 Å². The fourth-order valence-corrected chi connectivity index (χ4v) is 12.2. The zero-order chi connectivity index (χ0) is 49.7. The molecule has 14 atom stereocenters. The summed E-state index contributed by atoms with van der Waals surface area (Å²) in [5, 5.41) is 29.0. The number of hydrogen-bond donors (Lipinski definition) is 2. The summed E-state index contributed by atoms with van der Waals surface area (Å²) >= 11 is 0. The average molecular weight is 952 g/mol. The summed E-state index contributed by atoms with van der Waals surface area (Å²) in [5.41, 5.74) is 2.99. The fourth-order valence-electron chi connectivity index (χ4n) is 12.2. The quantitative estimate of drug-likeness (QED) is 0.101. The molecule has 2 saturated heterocycles. The molecule has 1 saturated carbocycles. The Morgan fingerprint density at radius 1 is 0.841 bits per heavy atom. The van der Waals surface area contributed by atoms with E-state index in [2.05, 4.69) is 67.6 Å². The lowest BCUT2D eigenvalue weighted by Gasteiger charge is -2.47. The van der Waals surface area contributed by atoms with Crippen LogP contribution in [0.1, 0.15) is 124 Å². The second-order valence-corrected chi connectivity index (χ2v) is 20.9. The van der Waals surface area contributed by atoms with Gasteiger partial charge in [0.15, 0.2) is 0 Å². The molecule has 69 heavy (non-hydrogen) atoms. The van der Waals surface area contributed by atoms with Gasteiger partial charge < -0.3 is 38.8 Å². The maximum atomic E-state index is 14.7. The molecular formula is C57H77NO11. The van der Waals surface area contributed by atoms with Gasteiger partial charge in [-0.25, -0.2) is 4.79 Å². The smallest absolute Gasteiger partial charge is 0.329 e. The Morgan fingerprint density at radius 2 is 1.51 bits per heavy atom. The largest absolute Gasteiger partial charge is 0.456 e. The van der Waals surface area contributed by atoms with E-state index in [1.807, 2.05) is 26.8 Å². The van der Waals surface area contributed by atoms with Crippen molar-refractivity contribution in [2.75, 3.05) is 27.9 Å². The molecule has 7 rings (SSSR count). The number of aliphatic hydroxyl groups excluding tert-OH is 1. The second kappa shape index (κ2) is 22.8. The van der Waals surface area contributed by atoms with Gasteiger partial charge in [0.1, 0.15) is 24.0 Å². The number of esters is 1. The molecule has 3 aliphatic heterocycles. The molecule has 376 valence electrons. The van der Waals surface area contributed by atoms with E-state index in [1.54, 1.807) is 35.2 Å². The lowest BCUT2D eigenvalue weighted by atomic mass is 9.74. The standard InChI is InChI=1S/C57H77NO11/c1-10-39-26-33(2)25-34(3)27-50(66-8)53-51(67-9)29-36(5)57(64,69-53)54(61)55(62)58-24-16-15-21-46(58)56(63)68-52(37(6)47(59)32-48(39)60)35(4)28-38-22-23-44(49(30-38)65-7)45-31-40-17-11-12-18-41(40)42-19-13-14-20-43(42)45/h11-14,17-20,26,28,31,34,36-39,44,46-47,49-53,59,64H,10,15-16,21-25,27,29-30,32H2,1-9H3. The molecule has 1 aliphatic carbocycles. The lowest BCUT2D eigenvalue weighted by molar-refractivity contribution is -0.302. The third kappa shape index (κ3) is 11.3. The van der Waals surface area contributed by atoms with E-state index in [0.29, 0.717) is 38.5 Å². The van der Waals surface area contributed by atoms with Crippen molar-refractivity contribution < 1.29 is 53.1 Å². The molecular weight excluding hydrogens is 875 g/mol. The maximum absolute atomic E-state index is 14.7. The summed E-state index contributed by atoms with van der Waals surface area (Å²) in [5.74, 6) is -7.25. The van der Waals surface area contributed by atoms with Crippen LogP contribution in [-0.2, 0) is 42.9 Å². The summed E-state index contributed by atoms with van der Waals surface area (Å²) in [7, 11) is 4.86. The lowest BCUT2D eigenvalue weighted by Crippen LogP contribution is -2.64. The van der Waals surface area contributed by atoms with Crippen LogP contribution in [0.25, 0.3) is 21.5 Å². The Balaban J connectivity index is 1.21. The number of amides is 1. The van der Waals surface area contributed by atoms with E-state index in [-0.39, 0.29) is 55.4 Å². The van der Waals surface area contributed by atoms with E-state index in [1.165, 1.54) is 32.0 Å². The number of methoxy groups -OCH3 is 3. The third-order valence-corrected chi connectivity index (χ3v) is 16.1. The fraction of sp³-hybridized carbons (Fsp3) is 0.614. The molecule has 3 fully saturated rings. The summed E-state index contributed by atoms with van der Waals surface area (Å²) in [4.78, 5) is 58.9. The third-order valence-electron chi connectivity index (χ3n) is 16.1. The number of allylic oxidation sites excluding steroid dienone is 3. The number of piperidine rings is 1. The molecule has 1 amide bonds. The van der Waals surface area contributed by atoms with Gasteiger partial charge in [-0.3, -0.25) is 14.4 Å². The van der Waals surface area contributed by atoms with Gasteiger partial charge in [0.2, 0.25) is 5.79 Å². The van der Waals surface area contributed by atoms with E-state index in [4.69, 9.17) is 23.7 Å². The van der Waals surface area contributed by atoms with Crippen molar-refractivity contribution in [1.82, 2.24) is 4.90 Å². The zero-order valence-electron chi connectivity index (χ0n) is 42.4. The summed E-state index contributed by atoms with van der Waals surface area (Å²) in [6.45, 7) is 11.5. The van der Waals surface area contributed by atoms with E-state index >= 15 is 0 Å². The number of cyclic esters (lactones) is 1. The molecule has 14 unspecified atom stereocenters. The van der Waals surface area contributed by atoms with Gasteiger partial charge in [-0.15, -0.1) is 0 Å². The van der Waals surface area contributed by atoms with Crippen molar-refractivity contribution in [2.24, 2.45) is 29.6 Å². The number of carbonyl (C=O) groups is 4. The Hall–Kier alpha value is -4.30. The highest BCUT2D eigenvalue weighted by atomic mass is 16.7. The molecule has 12 nitrogen and oxygen atoms in total. The number of nitrogens with zero attached hydrogens (tertiary/aromatic N) is 1. The maximum Gasteiger partial charge on any atom is 0.329 e. The van der Waals surface area contributed by atoms with Crippen LogP contribution in [0.2, 0.25) is 0 Å². The molecule has 0 radical (unpaired) electrons. The topological polar surface area (TPSA) is 158 Å². The number of rotatable bonds is 7. The van der Waals surface area contributed by atoms with E-state index < -0.39 is 77.8 Å². The van der Waals surface area contributed by atoms with Gasteiger partial charge in [-0.05, 0) is 123 Å². The molecule has 0 aromatic heterocycles. The van der Waals surface area contributed by atoms with Crippen molar-refractivity contribution >= 4 is 45.0 Å². The monoisotopic (exact) mass is 952 g/mol. The van der Waals surface area contributed by atoms with Gasteiger partial charge in [0.25, 0.3) is 11.7 Å². The van der Waals surface area contributed by atoms with Crippen LogP contribution < -0.4 is 0 Å². The van der Waals surface area contributed by atoms with Gasteiger partial charge in [0, 0.05) is 58.0 Å². The normalized spacial score (nSPS) is 35.3. The highest BCUT2D eigenvalue weighted by Crippen LogP contribution is 2.44. The number of ketones is 2. The molecule has 3 aromatic carbocycles. The first-order chi connectivity index (χ1) is 33.0. The molecule has 4 aliphatic rings. The molecule has 12 heteroatoms. The van der Waals surface area contributed by atoms with Crippen LogP contribution >= 0.6 is 0 Å². The van der Waals surface area contributed by atoms with Crippen LogP contribution in [0, 0.1) is 29.6 Å². The van der Waals surface area contributed by atoms with Crippen LogP contribution in [0.4, 0.5) is 0 Å². The van der Waals surface area contributed by atoms with Crippen molar-refractivity contribution in [1.29, 1.82) is 0 Å². The predicted molar refractivity (Wildman–Crippen MR) is 266 cm³/mol. The molecule has 0 spiro atoms. The Labute approximate surface area is 409 Å². The van der Waals surface area contributed by atoms with Gasteiger partial charge in [-0.2, -0.15) is 0 Å². The Morgan fingerprint density at radius 3 is 2.20 bits per heavy atom. The van der Waals surface area contributed by atoms with Crippen molar-refractivity contribution in [2.45, 2.75) is 167 Å². The molecule has 3 heterocycles. The Kier molecular flexibility index (Phi) is 17.4. The molecule has 2 bridgehead atoms. The first-order valence-corrected chi connectivity index (χ1v) is 25.5. The zero-order valence-corrected chi connectivity index (χ0v) is 42.4. The molecule has 2 N–H and O–H groups in total. The minimum absolute atomic E-state index is 0.0324. The number of fused-ring (bicyclic) bond motifs is 6. The first kappa shape index (κ1) is 52.5. The highest BCUT2D eigenvalue weighted by Gasteiger charge is 2.56. The van der Waals surface area contributed by atoms with Crippen LogP contribution in [0.3, 0.4) is 0 Å². The average Bonchev–Trinajstić information content (AvgIpc) is 3.35. The number of benzene rings is 3. The highest BCUT2D eigenvalue weighted by molar-refractivity contribution is 6.39. The number of hydrogen-bond acceptors (Lipinski definition) is 11. The number of aliphatic hydroxyl groups is 2. The second-order valence-electron chi connectivity index (χ2n) is 20.9. The first-order valence-electron chi connectivity index (χ1n) is 25.5. The summed E-state index contributed by atoms with van der Waals surface area (Å²) < 4.78 is 30.9. The number of carbonyl (C=O) groups excluding carboxylic acids is 4. The van der Waals surface area contributed by atoms with Crippen LogP contribution in [0.5, 0.6) is 0 Å². The van der Waals surface area contributed by atoms with Crippen molar-refractivity contribution in [3.05, 3.63) is 83.5 Å². The minimum Gasteiger partial charge on any atom is -0.456 e. The number of Topliss-reactive ketones (excluding diaryl/α,β-unsaturated/α-hetero) is 2. The van der Waals surface area contributed by atoms with Gasteiger partial charge in [0.05, 0.1) is 24.4 Å². The summed E-state index contributed by atoms with van der Waals surface area (Å²) in [6.07, 6.45) is 5.39. The Bertz CT molecular complexity index is 2380. The molecule has 3 aromatic rings. The number of ether oxygens (including phenoxy) is 5. The SMILES string of the molecule is CCC1C=C(C)CC(C)CC(OC)C2OC(O)(C(=O)C(=O)N3CCCCC3C(=O)OC(C(C)=CC3CCC(c4cc5ccccc5c5ccccc45)C(OC)C3)C(C)C(O)CC1=O)C(C)CC2OC.